The van der Waals surface area contributed by atoms with E-state index in [4.69, 9.17) is 9.47 Å². The number of aromatic amines is 1. The summed E-state index contributed by atoms with van der Waals surface area (Å²) in [7, 11) is 0. The van der Waals surface area contributed by atoms with E-state index in [0.29, 0.717) is 67.6 Å². The van der Waals surface area contributed by atoms with Crippen molar-refractivity contribution in [1.29, 1.82) is 0 Å². The first-order valence-electron chi connectivity index (χ1n) is 21.3. The SMILES string of the molecule is CCN(CCNC[C@H](O)c1ccc(O)c2[nH]c(=O)ccc12)C(=O)CCOCCc1cccc(CCN2C[C@H]3CC(OC(=O)Nc4ccccc4-c4ccccc4)C[C@H]3C2)c1. The third-order valence-electron chi connectivity index (χ3n) is 11.9. The number of anilines is 1. The Hall–Kier alpha value is -5.53. The number of pyridine rings is 1. The molecule has 1 aliphatic carbocycles. The van der Waals surface area contributed by atoms with Crippen molar-refractivity contribution in [2.24, 2.45) is 11.8 Å². The van der Waals surface area contributed by atoms with E-state index >= 15 is 0 Å². The third-order valence-corrected chi connectivity index (χ3v) is 11.9. The normalized spacial score (nSPS) is 18.0. The molecular formula is C48H57N5O7. The first-order valence-corrected chi connectivity index (χ1v) is 21.3. The summed E-state index contributed by atoms with van der Waals surface area (Å²) in [6, 6.07) is 32.6. The maximum atomic E-state index is 12.9. The molecule has 2 fully saturated rings. The van der Waals surface area contributed by atoms with Crippen LogP contribution in [0.15, 0.2) is 108 Å². The molecule has 0 bridgehead atoms. The van der Waals surface area contributed by atoms with Gasteiger partial charge in [-0.25, -0.2) is 4.79 Å². The number of rotatable bonds is 19. The van der Waals surface area contributed by atoms with E-state index in [9.17, 15) is 24.6 Å². The molecule has 7 rings (SSSR count). The predicted molar refractivity (Wildman–Crippen MR) is 234 cm³/mol. The number of para-hydroxylation sites is 1. The summed E-state index contributed by atoms with van der Waals surface area (Å²) >= 11 is 0. The van der Waals surface area contributed by atoms with Gasteiger partial charge in [0, 0.05) is 62.8 Å². The smallest absolute Gasteiger partial charge is 0.411 e. The van der Waals surface area contributed by atoms with Gasteiger partial charge in [-0.2, -0.15) is 0 Å². The van der Waals surface area contributed by atoms with Crippen LogP contribution in [0.1, 0.15) is 49.0 Å². The molecule has 4 aromatic carbocycles. The summed E-state index contributed by atoms with van der Waals surface area (Å²) in [6.07, 6.45) is 2.55. The molecule has 1 aromatic heterocycles. The summed E-state index contributed by atoms with van der Waals surface area (Å²) < 4.78 is 11.8. The number of phenols is 1. The van der Waals surface area contributed by atoms with Crippen LogP contribution in [0.25, 0.3) is 22.0 Å². The van der Waals surface area contributed by atoms with Crippen LogP contribution < -0.4 is 16.2 Å². The Morgan fingerprint density at radius 3 is 2.43 bits per heavy atom. The Labute approximate surface area is 351 Å². The lowest BCUT2D eigenvalue weighted by Gasteiger charge is -2.22. The van der Waals surface area contributed by atoms with Crippen LogP contribution in [-0.4, -0.2) is 102 Å². The molecule has 2 heterocycles. The monoisotopic (exact) mass is 815 g/mol. The fourth-order valence-corrected chi connectivity index (χ4v) is 8.78. The lowest BCUT2D eigenvalue weighted by molar-refractivity contribution is -0.132. The highest BCUT2D eigenvalue weighted by Crippen LogP contribution is 2.40. The number of phenolic OH excluding ortho intramolecular Hbond substituents is 1. The maximum Gasteiger partial charge on any atom is 0.411 e. The molecule has 5 N–H and O–H groups in total. The molecule has 0 radical (unpaired) electrons. The van der Waals surface area contributed by atoms with Gasteiger partial charge in [0.15, 0.2) is 0 Å². The molecular weight excluding hydrogens is 759 g/mol. The Morgan fingerprint density at radius 1 is 0.900 bits per heavy atom. The number of fused-ring (bicyclic) bond motifs is 2. The molecule has 2 amide bonds. The first-order chi connectivity index (χ1) is 29.2. The zero-order chi connectivity index (χ0) is 41.8. The molecule has 5 aromatic rings. The van der Waals surface area contributed by atoms with Gasteiger partial charge in [-0.15, -0.1) is 0 Å². The van der Waals surface area contributed by atoms with Crippen molar-refractivity contribution in [1.82, 2.24) is 20.1 Å². The fourth-order valence-electron chi connectivity index (χ4n) is 8.78. The van der Waals surface area contributed by atoms with E-state index in [1.54, 1.807) is 17.0 Å². The van der Waals surface area contributed by atoms with Crippen LogP contribution in [0.2, 0.25) is 0 Å². The molecule has 1 saturated carbocycles. The number of carbonyl (C=O) groups is 2. The van der Waals surface area contributed by atoms with Crippen LogP contribution in [0.4, 0.5) is 10.5 Å². The molecule has 60 heavy (non-hydrogen) atoms. The average Bonchev–Trinajstić information content (AvgIpc) is 3.82. The second-order valence-electron chi connectivity index (χ2n) is 16.0. The Bertz CT molecular complexity index is 2250. The number of hydrogen-bond donors (Lipinski definition) is 5. The number of H-pyrrole nitrogens is 1. The molecule has 316 valence electrons. The van der Waals surface area contributed by atoms with Gasteiger partial charge < -0.3 is 39.8 Å². The van der Waals surface area contributed by atoms with Crippen LogP contribution >= 0.6 is 0 Å². The molecule has 1 aliphatic heterocycles. The highest BCUT2D eigenvalue weighted by Gasteiger charge is 2.42. The highest BCUT2D eigenvalue weighted by molar-refractivity contribution is 5.91. The van der Waals surface area contributed by atoms with Gasteiger partial charge >= 0.3 is 6.09 Å². The molecule has 2 aliphatic rings. The van der Waals surface area contributed by atoms with E-state index in [1.807, 2.05) is 61.5 Å². The largest absolute Gasteiger partial charge is 0.506 e. The number of nitrogens with one attached hydrogen (secondary N) is 3. The van der Waals surface area contributed by atoms with Gasteiger partial charge in [-0.05, 0) is 84.9 Å². The highest BCUT2D eigenvalue weighted by atomic mass is 16.6. The molecule has 0 spiro atoms. The number of likely N-dealkylation sites (N-methyl/N-ethyl adjacent to an activating group) is 1. The minimum Gasteiger partial charge on any atom is -0.506 e. The number of nitrogens with zero attached hydrogens (tertiary/aromatic N) is 2. The first kappa shape index (κ1) is 42.6. The lowest BCUT2D eigenvalue weighted by Crippen LogP contribution is -2.38. The van der Waals surface area contributed by atoms with Crippen molar-refractivity contribution in [2.75, 3.05) is 64.3 Å². The van der Waals surface area contributed by atoms with Gasteiger partial charge in [0.2, 0.25) is 11.5 Å². The summed E-state index contributed by atoms with van der Waals surface area (Å²) in [5.74, 6) is 1.06. The number of ether oxygens (including phenoxy) is 2. The minimum atomic E-state index is -0.863. The van der Waals surface area contributed by atoms with Gasteiger partial charge in [0.25, 0.3) is 0 Å². The summed E-state index contributed by atoms with van der Waals surface area (Å²) in [5, 5.41) is 27.7. The number of hydrogen-bond acceptors (Lipinski definition) is 9. The van der Waals surface area contributed by atoms with Gasteiger partial charge in [-0.1, -0.05) is 78.9 Å². The van der Waals surface area contributed by atoms with Gasteiger partial charge in [0.1, 0.15) is 11.9 Å². The molecule has 1 saturated heterocycles. The van der Waals surface area contributed by atoms with E-state index < -0.39 is 6.10 Å². The second kappa shape index (κ2) is 20.6. The van der Waals surface area contributed by atoms with E-state index in [2.05, 4.69) is 44.8 Å². The Kier molecular flexibility index (Phi) is 14.6. The van der Waals surface area contributed by atoms with Crippen LogP contribution in [0, 0.1) is 11.8 Å². The predicted octanol–water partition coefficient (Wildman–Crippen LogP) is 6.52. The van der Waals surface area contributed by atoms with Gasteiger partial charge in [-0.3, -0.25) is 14.9 Å². The van der Waals surface area contributed by atoms with Crippen molar-refractivity contribution < 1.29 is 29.3 Å². The number of aliphatic hydroxyl groups is 1. The maximum absolute atomic E-state index is 12.9. The Balaban J connectivity index is 0.756. The van der Waals surface area contributed by atoms with Crippen molar-refractivity contribution >= 4 is 28.6 Å². The van der Waals surface area contributed by atoms with Gasteiger partial charge in [0.05, 0.1) is 36.9 Å². The molecule has 12 nitrogen and oxygen atoms in total. The van der Waals surface area contributed by atoms with Crippen molar-refractivity contribution in [2.45, 2.75) is 51.2 Å². The van der Waals surface area contributed by atoms with Crippen LogP contribution in [-0.2, 0) is 27.1 Å². The molecule has 4 atom stereocenters. The topological polar surface area (TPSA) is 156 Å². The van der Waals surface area contributed by atoms with Crippen LogP contribution in [0.3, 0.4) is 0 Å². The summed E-state index contributed by atoms with van der Waals surface area (Å²) in [4.78, 5) is 44.5. The third kappa shape index (κ3) is 11.2. The van der Waals surface area contributed by atoms with Crippen molar-refractivity contribution in [3.63, 3.8) is 0 Å². The quantitative estimate of drug-likeness (QED) is 0.0586. The number of carbonyl (C=O) groups excluding carboxylic acids is 2. The summed E-state index contributed by atoms with van der Waals surface area (Å²) in [5.41, 5.74) is 5.86. The standard InChI is InChI=1S/C48H57N5O7/c1-2-53(24-22-49-30-44(55)40-15-17-43(54)47-41(40)16-18-45(56)51-47)46(57)21-26-59-25-20-34-10-8-9-33(27-34)19-23-52-31-36-28-38(29-37(36)32-52)60-48(58)50-42-14-7-6-13-39(42)35-11-4-3-5-12-35/h3-18,27,36-38,44,49,54-55H,2,19-26,28-32H2,1H3,(H,50,58)(H,51,56)/t36-,37+,38?,44-/m0/s1. The molecule has 1 unspecified atom stereocenters. The molecule has 12 heteroatoms. The number of aromatic nitrogens is 1. The number of aromatic hydroxyl groups is 1. The van der Waals surface area contributed by atoms with Crippen LogP contribution in [0.5, 0.6) is 5.75 Å². The lowest BCUT2D eigenvalue weighted by atomic mass is 10.0. The van der Waals surface area contributed by atoms with Crippen molar-refractivity contribution in [3.8, 4) is 16.9 Å². The van der Waals surface area contributed by atoms with Crippen molar-refractivity contribution in [3.05, 3.63) is 130 Å². The van der Waals surface area contributed by atoms with E-state index in [-0.39, 0.29) is 36.0 Å². The average molecular weight is 816 g/mol. The number of aliphatic hydroxyl groups excluding tert-OH is 1. The second-order valence-corrected chi connectivity index (χ2v) is 16.0. The fraction of sp³-hybridized carbons (Fsp3) is 0.396. The van der Waals surface area contributed by atoms with E-state index in [0.717, 1.165) is 62.1 Å². The number of benzene rings is 4. The summed E-state index contributed by atoms with van der Waals surface area (Å²) in [6.45, 7) is 7.73. The zero-order valence-corrected chi connectivity index (χ0v) is 34.4. The van der Waals surface area contributed by atoms with E-state index in [1.165, 1.54) is 23.3 Å². The minimum absolute atomic E-state index is 0.0237. The number of amides is 2. The Morgan fingerprint density at radius 2 is 1.65 bits per heavy atom. The zero-order valence-electron chi connectivity index (χ0n) is 34.4. The number of likely N-dealkylation sites (tertiary alicyclic amines) is 1.